The number of hydrogen-bond donors (Lipinski definition) is 0. The molecule has 0 aromatic heterocycles. The van der Waals surface area contributed by atoms with Gasteiger partial charge < -0.3 is 0 Å². The van der Waals surface area contributed by atoms with Gasteiger partial charge in [-0.1, -0.05) is 47.5 Å². The van der Waals surface area contributed by atoms with Crippen molar-refractivity contribution in [1.82, 2.24) is 0 Å². The van der Waals surface area contributed by atoms with Gasteiger partial charge in [0.2, 0.25) is 0 Å². The fourth-order valence-corrected chi connectivity index (χ4v) is 2.63. The van der Waals surface area contributed by atoms with Crippen molar-refractivity contribution in [2.75, 3.05) is 0 Å². The second kappa shape index (κ2) is 8.31. The molecule has 0 amide bonds. The normalized spacial score (nSPS) is 11.5. The van der Waals surface area contributed by atoms with Gasteiger partial charge in [0.05, 0.1) is 11.4 Å². The third kappa shape index (κ3) is 4.81. The van der Waals surface area contributed by atoms with E-state index in [0.717, 1.165) is 22.5 Å². The third-order valence-corrected chi connectivity index (χ3v) is 4.54. The molecule has 0 saturated heterocycles. The van der Waals surface area contributed by atoms with E-state index in [9.17, 15) is 0 Å². The van der Waals surface area contributed by atoms with E-state index in [1.54, 1.807) is 0 Å². The molecule has 0 heterocycles. The van der Waals surface area contributed by atoms with Gasteiger partial charge >= 0.3 is 0 Å². The summed E-state index contributed by atoms with van der Waals surface area (Å²) in [5.41, 5.74) is 5.99. The van der Waals surface area contributed by atoms with Crippen LogP contribution in [0.5, 0.6) is 0 Å². The number of nitrogens with zero attached hydrogens (tertiary/aromatic N) is 2. The summed E-state index contributed by atoms with van der Waals surface area (Å²) in [6, 6.07) is 19.2. The molecule has 4 heteroatoms. The molecule has 0 unspecified atom stereocenters. The molecule has 3 rings (SSSR count). The predicted octanol–water partition coefficient (Wildman–Crippen LogP) is 7.11. The standard InChI is InChI=1S/C22H18Cl2N2/c1-15-11-21(25-13-17-3-7-19(23)8-4-17)22(12-16(15)2)26-14-18-5-9-20(24)10-6-18/h3-14H,1-2H3. The maximum atomic E-state index is 5.93. The van der Waals surface area contributed by atoms with Gasteiger partial charge in [0.15, 0.2) is 0 Å². The molecule has 0 aliphatic rings. The van der Waals surface area contributed by atoms with Crippen molar-refractivity contribution in [3.63, 3.8) is 0 Å². The summed E-state index contributed by atoms with van der Waals surface area (Å²) in [6.07, 6.45) is 3.64. The van der Waals surface area contributed by atoms with Gasteiger partial charge in [-0.15, -0.1) is 0 Å². The summed E-state index contributed by atoms with van der Waals surface area (Å²) < 4.78 is 0. The Morgan fingerprint density at radius 1 is 0.615 bits per heavy atom. The molecule has 130 valence electrons. The molecule has 0 fully saturated rings. The van der Waals surface area contributed by atoms with Crippen molar-refractivity contribution in [1.29, 1.82) is 0 Å². The van der Waals surface area contributed by atoms with Crippen LogP contribution >= 0.6 is 23.2 Å². The Morgan fingerprint density at radius 3 is 1.31 bits per heavy atom. The molecule has 0 N–H and O–H groups in total. The predicted molar refractivity (Wildman–Crippen MR) is 113 cm³/mol. The molecule has 3 aromatic carbocycles. The van der Waals surface area contributed by atoms with Crippen LogP contribution in [-0.2, 0) is 0 Å². The lowest BCUT2D eigenvalue weighted by atomic mass is 10.1. The van der Waals surface area contributed by atoms with Gasteiger partial charge in [-0.2, -0.15) is 0 Å². The zero-order valence-corrected chi connectivity index (χ0v) is 16.1. The summed E-state index contributed by atoms with van der Waals surface area (Å²) in [5.74, 6) is 0. The second-order valence-corrected chi connectivity index (χ2v) is 6.92. The number of benzene rings is 3. The van der Waals surface area contributed by atoms with Gasteiger partial charge in [-0.25, -0.2) is 0 Å². The van der Waals surface area contributed by atoms with Crippen LogP contribution in [0.15, 0.2) is 70.6 Å². The summed E-state index contributed by atoms with van der Waals surface area (Å²) in [6.45, 7) is 4.15. The Bertz CT molecular complexity index is 876. The molecule has 2 nitrogen and oxygen atoms in total. The summed E-state index contributed by atoms with van der Waals surface area (Å²) in [4.78, 5) is 9.26. The zero-order valence-electron chi connectivity index (χ0n) is 14.6. The van der Waals surface area contributed by atoms with Crippen molar-refractivity contribution in [3.05, 3.63) is 93.0 Å². The Labute approximate surface area is 163 Å². The van der Waals surface area contributed by atoms with Crippen molar-refractivity contribution in [2.24, 2.45) is 9.98 Å². The van der Waals surface area contributed by atoms with Gasteiger partial charge in [-0.3, -0.25) is 9.98 Å². The van der Waals surface area contributed by atoms with Gasteiger partial charge in [0.1, 0.15) is 0 Å². The number of aryl methyl sites for hydroxylation is 2. The highest BCUT2D eigenvalue weighted by Crippen LogP contribution is 2.31. The highest BCUT2D eigenvalue weighted by molar-refractivity contribution is 6.30. The van der Waals surface area contributed by atoms with E-state index in [4.69, 9.17) is 23.2 Å². The minimum atomic E-state index is 0.710. The lowest BCUT2D eigenvalue weighted by Crippen LogP contribution is -1.84. The Hall–Kier alpha value is -2.42. The number of halogens is 2. The van der Waals surface area contributed by atoms with Crippen LogP contribution in [0.25, 0.3) is 0 Å². The number of aliphatic imine (C=N–C) groups is 2. The fraction of sp³-hybridized carbons (Fsp3) is 0.0909. The highest BCUT2D eigenvalue weighted by atomic mass is 35.5. The average molecular weight is 381 g/mol. The molecular weight excluding hydrogens is 363 g/mol. The van der Waals surface area contributed by atoms with E-state index < -0.39 is 0 Å². The Balaban J connectivity index is 1.92. The minimum absolute atomic E-state index is 0.710. The summed E-state index contributed by atoms with van der Waals surface area (Å²) >= 11 is 11.9. The van der Waals surface area contributed by atoms with Crippen LogP contribution in [0.3, 0.4) is 0 Å². The first kappa shape index (κ1) is 18.4. The van der Waals surface area contributed by atoms with Crippen molar-refractivity contribution >= 4 is 47.0 Å². The molecule has 0 spiro atoms. The monoisotopic (exact) mass is 380 g/mol. The second-order valence-electron chi connectivity index (χ2n) is 6.04. The maximum absolute atomic E-state index is 5.93. The lowest BCUT2D eigenvalue weighted by Gasteiger charge is -2.06. The minimum Gasteiger partial charge on any atom is -0.254 e. The van der Waals surface area contributed by atoms with Crippen molar-refractivity contribution in [2.45, 2.75) is 13.8 Å². The molecule has 0 bridgehead atoms. The molecule has 0 radical (unpaired) electrons. The smallest absolute Gasteiger partial charge is 0.0889 e. The van der Waals surface area contributed by atoms with E-state index in [1.807, 2.05) is 61.0 Å². The molecule has 0 saturated carbocycles. The van der Waals surface area contributed by atoms with E-state index in [1.165, 1.54) is 11.1 Å². The topological polar surface area (TPSA) is 24.7 Å². The zero-order chi connectivity index (χ0) is 18.5. The van der Waals surface area contributed by atoms with E-state index in [-0.39, 0.29) is 0 Å². The lowest BCUT2D eigenvalue weighted by molar-refractivity contribution is 1.31. The summed E-state index contributed by atoms with van der Waals surface area (Å²) in [7, 11) is 0. The SMILES string of the molecule is Cc1cc(N=Cc2ccc(Cl)cc2)c(N=Cc2ccc(Cl)cc2)cc1C. The molecule has 0 aliphatic heterocycles. The van der Waals surface area contributed by atoms with Gasteiger partial charge in [0.25, 0.3) is 0 Å². The summed E-state index contributed by atoms with van der Waals surface area (Å²) in [5, 5.41) is 1.42. The maximum Gasteiger partial charge on any atom is 0.0889 e. The molecule has 26 heavy (non-hydrogen) atoms. The van der Waals surface area contributed by atoms with Crippen LogP contribution in [0.4, 0.5) is 11.4 Å². The number of rotatable bonds is 4. The Morgan fingerprint density at radius 2 is 0.962 bits per heavy atom. The average Bonchev–Trinajstić information content (AvgIpc) is 2.64. The Kier molecular flexibility index (Phi) is 5.87. The van der Waals surface area contributed by atoms with Crippen LogP contribution < -0.4 is 0 Å². The molecule has 3 aromatic rings. The van der Waals surface area contributed by atoms with Crippen LogP contribution in [0, 0.1) is 13.8 Å². The first-order chi connectivity index (χ1) is 12.5. The van der Waals surface area contributed by atoms with Gasteiger partial charge in [-0.05, 0) is 72.5 Å². The highest BCUT2D eigenvalue weighted by Gasteiger charge is 2.03. The fourth-order valence-electron chi connectivity index (χ4n) is 2.38. The van der Waals surface area contributed by atoms with Crippen LogP contribution in [-0.4, -0.2) is 12.4 Å². The van der Waals surface area contributed by atoms with E-state index >= 15 is 0 Å². The third-order valence-electron chi connectivity index (χ3n) is 4.04. The van der Waals surface area contributed by atoms with Crippen LogP contribution in [0.2, 0.25) is 10.0 Å². The van der Waals surface area contributed by atoms with Gasteiger partial charge in [0, 0.05) is 22.5 Å². The first-order valence-corrected chi connectivity index (χ1v) is 8.97. The largest absolute Gasteiger partial charge is 0.254 e. The quantitative estimate of drug-likeness (QED) is 0.430. The van der Waals surface area contributed by atoms with Crippen LogP contribution in [0.1, 0.15) is 22.3 Å². The number of hydrogen-bond acceptors (Lipinski definition) is 2. The van der Waals surface area contributed by atoms with Crippen molar-refractivity contribution < 1.29 is 0 Å². The molecule has 0 atom stereocenters. The molecule has 0 aliphatic carbocycles. The van der Waals surface area contributed by atoms with E-state index in [2.05, 4.69) is 36.0 Å². The first-order valence-electron chi connectivity index (χ1n) is 8.22. The molecular formula is C22H18Cl2N2. The van der Waals surface area contributed by atoms with Crippen molar-refractivity contribution in [3.8, 4) is 0 Å². The van der Waals surface area contributed by atoms with E-state index in [0.29, 0.717) is 10.0 Å².